The van der Waals surface area contributed by atoms with Crippen molar-refractivity contribution in [3.63, 3.8) is 0 Å². The molecule has 0 amide bonds. The fourth-order valence-corrected chi connectivity index (χ4v) is 1.99. The molecule has 5 heteroatoms. The molecule has 0 unspecified atom stereocenters. The predicted molar refractivity (Wildman–Crippen MR) is 61.2 cm³/mol. The molecule has 0 aliphatic carbocycles. The van der Waals surface area contributed by atoms with Crippen LogP contribution in [0.1, 0.15) is 12.8 Å². The van der Waals surface area contributed by atoms with Crippen molar-refractivity contribution in [2.24, 2.45) is 5.92 Å². The maximum atomic E-state index is 10.9. The normalized spacial score (nSPS) is 20.8. The van der Waals surface area contributed by atoms with Crippen molar-refractivity contribution in [3.05, 3.63) is 18.3 Å². The average molecular weight is 221 g/mol. The number of carboxylic acids is 1. The Kier molecular flexibility index (Phi) is 2.94. The van der Waals surface area contributed by atoms with Gasteiger partial charge >= 0.3 is 5.97 Å². The highest BCUT2D eigenvalue weighted by Gasteiger charge is 2.25. The number of hydrogen-bond donors (Lipinski definition) is 2. The van der Waals surface area contributed by atoms with Crippen molar-refractivity contribution in [2.75, 3.05) is 23.7 Å². The molecule has 1 aromatic heterocycles. The molecular weight excluding hydrogens is 206 g/mol. The summed E-state index contributed by atoms with van der Waals surface area (Å²) in [6.45, 7) is 1.37. The molecule has 1 aliphatic heterocycles. The third-order valence-electron chi connectivity index (χ3n) is 2.86. The van der Waals surface area contributed by atoms with Gasteiger partial charge in [0, 0.05) is 31.0 Å². The minimum atomic E-state index is -0.728. The first-order valence-corrected chi connectivity index (χ1v) is 5.36. The van der Waals surface area contributed by atoms with Gasteiger partial charge in [-0.05, 0) is 18.9 Å². The highest BCUT2D eigenvalue weighted by molar-refractivity contribution is 5.71. The zero-order valence-electron chi connectivity index (χ0n) is 8.97. The van der Waals surface area contributed by atoms with E-state index in [1.807, 2.05) is 4.90 Å². The monoisotopic (exact) mass is 221 g/mol. The minimum absolute atomic E-state index is 0.294. The molecule has 1 atom stereocenters. The van der Waals surface area contributed by atoms with Crippen LogP contribution < -0.4 is 10.6 Å². The molecule has 0 saturated carbocycles. The Balaban J connectivity index is 2.12. The van der Waals surface area contributed by atoms with Crippen LogP contribution in [-0.4, -0.2) is 29.1 Å². The predicted octanol–water partition coefficient (Wildman–Crippen LogP) is 0.965. The number of aliphatic carboxylic acids is 1. The summed E-state index contributed by atoms with van der Waals surface area (Å²) >= 11 is 0. The van der Waals surface area contributed by atoms with Crippen LogP contribution in [0.25, 0.3) is 0 Å². The molecule has 1 fully saturated rings. The lowest BCUT2D eigenvalue weighted by Gasteiger charge is -2.31. The van der Waals surface area contributed by atoms with Gasteiger partial charge < -0.3 is 15.7 Å². The van der Waals surface area contributed by atoms with Crippen molar-refractivity contribution < 1.29 is 9.90 Å². The number of carbonyl (C=O) groups is 1. The second kappa shape index (κ2) is 4.38. The number of nitrogen functional groups attached to an aromatic ring is 1. The lowest BCUT2D eigenvalue weighted by Crippen LogP contribution is -2.39. The summed E-state index contributed by atoms with van der Waals surface area (Å²) in [5.74, 6) is -0.253. The van der Waals surface area contributed by atoms with Crippen LogP contribution in [0, 0.1) is 5.92 Å². The van der Waals surface area contributed by atoms with Gasteiger partial charge in [-0.25, -0.2) is 4.98 Å². The first-order valence-electron chi connectivity index (χ1n) is 5.36. The number of nitrogens with two attached hydrogens (primary N) is 1. The van der Waals surface area contributed by atoms with E-state index in [4.69, 9.17) is 10.8 Å². The van der Waals surface area contributed by atoms with E-state index in [2.05, 4.69) is 4.98 Å². The van der Waals surface area contributed by atoms with Crippen LogP contribution in [0.4, 0.5) is 11.5 Å². The molecule has 3 N–H and O–H groups in total. The minimum Gasteiger partial charge on any atom is -0.481 e. The molecule has 0 radical (unpaired) electrons. The molecule has 5 nitrogen and oxygen atoms in total. The average Bonchev–Trinajstić information content (AvgIpc) is 2.29. The van der Waals surface area contributed by atoms with Gasteiger partial charge in [0.05, 0.1) is 5.92 Å². The van der Waals surface area contributed by atoms with Crippen LogP contribution in [0.2, 0.25) is 0 Å². The fraction of sp³-hybridized carbons (Fsp3) is 0.455. The number of hydrogen-bond acceptors (Lipinski definition) is 4. The third-order valence-corrected chi connectivity index (χ3v) is 2.86. The number of pyridine rings is 1. The topological polar surface area (TPSA) is 79.5 Å². The summed E-state index contributed by atoms with van der Waals surface area (Å²) < 4.78 is 0. The van der Waals surface area contributed by atoms with Crippen LogP contribution in [-0.2, 0) is 4.79 Å². The summed E-state index contributed by atoms with van der Waals surface area (Å²) in [5, 5.41) is 8.99. The van der Waals surface area contributed by atoms with Gasteiger partial charge in [-0.1, -0.05) is 0 Å². The Morgan fingerprint density at radius 2 is 2.44 bits per heavy atom. The van der Waals surface area contributed by atoms with Crippen molar-refractivity contribution in [2.45, 2.75) is 12.8 Å². The van der Waals surface area contributed by atoms with Crippen molar-refractivity contribution in [1.29, 1.82) is 0 Å². The van der Waals surface area contributed by atoms with Gasteiger partial charge in [0.1, 0.15) is 5.82 Å². The molecule has 86 valence electrons. The Morgan fingerprint density at radius 1 is 1.62 bits per heavy atom. The number of anilines is 2. The molecule has 0 bridgehead atoms. The Labute approximate surface area is 93.9 Å². The van der Waals surface area contributed by atoms with E-state index >= 15 is 0 Å². The second-order valence-corrected chi connectivity index (χ2v) is 4.07. The van der Waals surface area contributed by atoms with E-state index in [0.717, 1.165) is 25.2 Å². The van der Waals surface area contributed by atoms with Gasteiger partial charge in [0.15, 0.2) is 0 Å². The lowest BCUT2D eigenvalue weighted by molar-refractivity contribution is -0.141. The summed E-state index contributed by atoms with van der Waals surface area (Å²) in [5.41, 5.74) is 6.33. The van der Waals surface area contributed by atoms with E-state index in [9.17, 15) is 4.79 Å². The van der Waals surface area contributed by atoms with Gasteiger partial charge in [-0.3, -0.25) is 4.79 Å². The molecule has 0 spiro atoms. The molecular formula is C11H15N3O2. The molecule has 1 aliphatic rings. The third kappa shape index (κ3) is 2.24. The van der Waals surface area contributed by atoms with Crippen LogP contribution >= 0.6 is 0 Å². The highest BCUT2D eigenvalue weighted by atomic mass is 16.4. The first kappa shape index (κ1) is 10.7. The van der Waals surface area contributed by atoms with Gasteiger partial charge in [0.25, 0.3) is 0 Å². The lowest BCUT2D eigenvalue weighted by atomic mass is 9.98. The SMILES string of the molecule is Nc1ccnc(N2CCC[C@@H](C(=O)O)C2)c1. The van der Waals surface area contributed by atoms with E-state index in [-0.39, 0.29) is 5.92 Å². The summed E-state index contributed by atoms with van der Waals surface area (Å²) in [6.07, 6.45) is 3.27. The number of nitrogens with zero attached hydrogens (tertiary/aromatic N) is 2. The number of rotatable bonds is 2. The van der Waals surface area contributed by atoms with E-state index in [0.29, 0.717) is 12.2 Å². The molecule has 0 aromatic carbocycles. The first-order chi connectivity index (χ1) is 7.66. The molecule has 1 aromatic rings. The Morgan fingerprint density at radius 3 is 3.12 bits per heavy atom. The van der Waals surface area contributed by atoms with Gasteiger partial charge in [-0.15, -0.1) is 0 Å². The maximum absolute atomic E-state index is 10.9. The standard InChI is InChI=1S/C11H15N3O2/c12-9-3-4-13-10(6-9)14-5-1-2-8(7-14)11(15)16/h3-4,6,8H,1-2,5,7H2,(H2,12,13)(H,15,16)/t8-/m1/s1. The Hall–Kier alpha value is -1.78. The van der Waals surface area contributed by atoms with Crippen LogP contribution in [0.3, 0.4) is 0 Å². The maximum Gasteiger partial charge on any atom is 0.308 e. The molecule has 16 heavy (non-hydrogen) atoms. The largest absolute Gasteiger partial charge is 0.481 e. The summed E-state index contributed by atoms with van der Waals surface area (Å²) in [6, 6.07) is 3.51. The number of aromatic nitrogens is 1. The quantitative estimate of drug-likeness (QED) is 0.777. The molecule has 1 saturated heterocycles. The van der Waals surface area contributed by atoms with E-state index in [1.54, 1.807) is 18.3 Å². The zero-order valence-corrected chi connectivity index (χ0v) is 8.97. The number of carboxylic acid groups (broad SMARTS) is 1. The van der Waals surface area contributed by atoms with Crippen LogP contribution in [0.5, 0.6) is 0 Å². The second-order valence-electron chi connectivity index (χ2n) is 4.07. The van der Waals surface area contributed by atoms with Crippen molar-refractivity contribution in [3.8, 4) is 0 Å². The Bertz CT molecular complexity index is 395. The van der Waals surface area contributed by atoms with Gasteiger partial charge in [-0.2, -0.15) is 0 Å². The zero-order chi connectivity index (χ0) is 11.5. The van der Waals surface area contributed by atoms with E-state index < -0.39 is 5.97 Å². The number of piperidine rings is 1. The summed E-state index contributed by atoms with van der Waals surface area (Å²) in [4.78, 5) is 17.1. The van der Waals surface area contributed by atoms with Crippen molar-refractivity contribution >= 4 is 17.5 Å². The molecule has 2 heterocycles. The van der Waals surface area contributed by atoms with E-state index in [1.165, 1.54) is 0 Å². The fourth-order valence-electron chi connectivity index (χ4n) is 1.99. The van der Waals surface area contributed by atoms with Crippen LogP contribution in [0.15, 0.2) is 18.3 Å². The smallest absolute Gasteiger partial charge is 0.308 e. The highest BCUT2D eigenvalue weighted by Crippen LogP contribution is 2.22. The van der Waals surface area contributed by atoms with Gasteiger partial charge in [0.2, 0.25) is 0 Å². The molecule has 2 rings (SSSR count). The van der Waals surface area contributed by atoms with Crippen molar-refractivity contribution in [1.82, 2.24) is 4.98 Å². The summed E-state index contributed by atoms with van der Waals surface area (Å²) in [7, 11) is 0.